The van der Waals surface area contributed by atoms with Crippen molar-refractivity contribution < 1.29 is 4.74 Å². The minimum absolute atomic E-state index is 0.597. The van der Waals surface area contributed by atoms with E-state index < -0.39 is 0 Å². The number of aromatic nitrogens is 4. The van der Waals surface area contributed by atoms with Gasteiger partial charge in [-0.25, -0.2) is 14.6 Å². The van der Waals surface area contributed by atoms with Gasteiger partial charge in [-0.15, -0.1) is 0 Å². The first-order valence-corrected chi connectivity index (χ1v) is 9.10. The highest BCUT2D eigenvalue weighted by atomic mass is 16.5. The summed E-state index contributed by atoms with van der Waals surface area (Å²) in [5.41, 5.74) is 4.96. The molecule has 0 aliphatic carbocycles. The van der Waals surface area contributed by atoms with Crippen LogP contribution in [0.15, 0.2) is 54.2 Å². The maximum atomic E-state index is 5.71. The van der Waals surface area contributed by atoms with Crippen molar-refractivity contribution >= 4 is 12.0 Å². The quantitative estimate of drug-likeness (QED) is 0.353. The van der Waals surface area contributed by atoms with Gasteiger partial charge in [-0.3, -0.25) is 5.43 Å². The first-order valence-electron chi connectivity index (χ1n) is 9.10. The molecule has 0 aliphatic rings. The summed E-state index contributed by atoms with van der Waals surface area (Å²) in [6.45, 7) is 4.92. The second kappa shape index (κ2) is 9.47. The topological polar surface area (TPSA) is 77.2 Å². The highest BCUT2D eigenvalue weighted by Gasteiger charge is 2.02. The molecule has 7 heteroatoms. The summed E-state index contributed by atoms with van der Waals surface area (Å²) in [5.74, 6) is 2.16. The van der Waals surface area contributed by atoms with E-state index in [1.165, 1.54) is 19.2 Å². The number of hydrogen-bond acceptors (Lipinski definition) is 6. The molecule has 27 heavy (non-hydrogen) atoms. The molecule has 1 N–H and O–H groups in total. The van der Waals surface area contributed by atoms with Crippen LogP contribution in [-0.4, -0.2) is 32.6 Å². The molecule has 0 aliphatic heterocycles. The Labute approximate surface area is 159 Å². The lowest BCUT2D eigenvalue weighted by atomic mass is 10.2. The summed E-state index contributed by atoms with van der Waals surface area (Å²) in [6, 6.07) is 9.64. The molecule has 0 fully saturated rings. The van der Waals surface area contributed by atoms with Gasteiger partial charge in [0.25, 0.3) is 0 Å². The molecule has 0 bridgehead atoms. The Bertz CT molecular complexity index is 872. The van der Waals surface area contributed by atoms with Crippen molar-refractivity contribution in [2.75, 3.05) is 12.0 Å². The van der Waals surface area contributed by atoms with Crippen LogP contribution >= 0.6 is 0 Å². The molecule has 1 aromatic carbocycles. The summed E-state index contributed by atoms with van der Waals surface area (Å²) in [5, 5.41) is 8.48. The van der Waals surface area contributed by atoms with Crippen molar-refractivity contribution in [1.29, 1.82) is 0 Å². The zero-order chi connectivity index (χ0) is 18.9. The zero-order valence-corrected chi connectivity index (χ0v) is 15.7. The average molecular weight is 364 g/mol. The van der Waals surface area contributed by atoms with E-state index in [1.807, 2.05) is 37.4 Å². The number of nitrogens with one attached hydrogen (secondary N) is 1. The fourth-order valence-electron chi connectivity index (χ4n) is 2.44. The van der Waals surface area contributed by atoms with Gasteiger partial charge in [0, 0.05) is 12.3 Å². The van der Waals surface area contributed by atoms with E-state index >= 15 is 0 Å². The van der Waals surface area contributed by atoms with Crippen LogP contribution in [0.2, 0.25) is 0 Å². The summed E-state index contributed by atoms with van der Waals surface area (Å²) in [6.07, 6.45) is 10.4. The third kappa shape index (κ3) is 5.64. The second-order valence-corrected chi connectivity index (χ2v) is 6.22. The van der Waals surface area contributed by atoms with Gasteiger partial charge in [0.15, 0.2) is 11.6 Å². The molecule has 2 aromatic heterocycles. The lowest BCUT2D eigenvalue weighted by molar-refractivity contribution is 0.306. The summed E-state index contributed by atoms with van der Waals surface area (Å²) >= 11 is 0. The normalized spacial score (nSPS) is 11.0. The molecule has 3 aromatic rings. The number of unbranched alkanes of at least 4 members (excludes halogenated alkanes) is 2. The van der Waals surface area contributed by atoms with E-state index in [4.69, 9.17) is 4.74 Å². The van der Waals surface area contributed by atoms with Crippen molar-refractivity contribution in [3.63, 3.8) is 0 Å². The number of ether oxygens (including phenoxy) is 1. The summed E-state index contributed by atoms with van der Waals surface area (Å²) in [7, 11) is 0. The van der Waals surface area contributed by atoms with Crippen LogP contribution in [0.3, 0.4) is 0 Å². The molecule has 0 atom stereocenters. The number of aryl methyl sites for hydroxylation is 1. The smallest absolute Gasteiger partial charge is 0.158 e. The summed E-state index contributed by atoms with van der Waals surface area (Å²) in [4.78, 5) is 8.39. The van der Waals surface area contributed by atoms with E-state index in [2.05, 4.69) is 32.5 Å². The number of anilines is 1. The van der Waals surface area contributed by atoms with E-state index in [1.54, 1.807) is 23.2 Å². The van der Waals surface area contributed by atoms with Crippen LogP contribution in [0, 0.1) is 6.92 Å². The Kier molecular flexibility index (Phi) is 6.51. The van der Waals surface area contributed by atoms with Crippen molar-refractivity contribution in [2.24, 2.45) is 5.10 Å². The van der Waals surface area contributed by atoms with Crippen LogP contribution in [0.4, 0.5) is 5.82 Å². The van der Waals surface area contributed by atoms with Gasteiger partial charge >= 0.3 is 0 Å². The third-order valence-corrected chi connectivity index (χ3v) is 3.89. The molecule has 0 radical (unpaired) electrons. The molecular weight excluding hydrogens is 340 g/mol. The van der Waals surface area contributed by atoms with Crippen molar-refractivity contribution in [1.82, 2.24) is 19.7 Å². The van der Waals surface area contributed by atoms with Gasteiger partial charge in [-0.05, 0) is 48.7 Å². The fourth-order valence-corrected chi connectivity index (χ4v) is 2.44. The van der Waals surface area contributed by atoms with Crippen LogP contribution in [0.1, 0.15) is 37.3 Å². The molecule has 0 unspecified atom stereocenters. The molecule has 2 heterocycles. The molecule has 0 amide bonds. The first kappa shape index (κ1) is 18.6. The van der Waals surface area contributed by atoms with E-state index in [-0.39, 0.29) is 0 Å². The first-order chi connectivity index (χ1) is 13.2. The van der Waals surface area contributed by atoms with Gasteiger partial charge in [-0.1, -0.05) is 19.8 Å². The maximum absolute atomic E-state index is 5.71. The Morgan fingerprint density at radius 1 is 1.19 bits per heavy atom. The second-order valence-electron chi connectivity index (χ2n) is 6.22. The van der Waals surface area contributed by atoms with Gasteiger partial charge in [-0.2, -0.15) is 10.2 Å². The number of hydrogen-bond donors (Lipinski definition) is 1. The van der Waals surface area contributed by atoms with Crippen LogP contribution < -0.4 is 10.2 Å². The number of rotatable bonds is 9. The lowest BCUT2D eigenvalue weighted by Crippen LogP contribution is -2.01. The largest absolute Gasteiger partial charge is 0.494 e. The molecule has 0 saturated carbocycles. The monoisotopic (exact) mass is 364 g/mol. The molecule has 0 saturated heterocycles. The van der Waals surface area contributed by atoms with E-state index in [0.717, 1.165) is 29.9 Å². The molecule has 3 rings (SSSR count). The molecule has 7 nitrogen and oxygen atoms in total. The minimum atomic E-state index is 0.597. The Balaban J connectivity index is 1.54. The molecular formula is C20H24N6O. The van der Waals surface area contributed by atoms with Crippen molar-refractivity contribution in [3.05, 3.63) is 60.2 Å². The lowest BCUT2D eigenvalue weighted by Gasteiger charge is -2.05. The van der Waals surface area contributed by atoms with Crippen molar-refractivity contribution in [2.45, 2.75) is 33.1 Å². The van der Waals surface area contributed by atoms with E-state index in [9.17, 15) is 0 Å². The van der Waals surface area contributed by atoms with Gasteiger partial charge in [0.1, 0.15) is 12.1 Å². The Morgan fingerprint density at radius 3 is 2.78 bits per heavy atom. The predicted octanol–water partition coefficient (Wildman–Crippen LogP) is 3.99. The summed E-state index contributed by atoms with van der Waals surface area (Å²) < 4.78 is 7.41. The Hall–Kier alpha value is -3.22. The van der Waals surface area contributed by atoms with Crippen LogP contribution in [-0.2, 0) is 0 Å². The Morgan fingerprint density at radius 2 is 2.04 bits per heavy atom. The SMILES string of the molecule is CCCCCOc1ccc(C=NNc2cc(-n3cc(C)cn3)ncn2)cc1. The minimum Gasteiger partial charge on any atom is -0.494 e. The predicted molar refractivity (Wildman–Crippen MR) is 107 cm³/mol. The van der Waals surface area contributed by atoms with Gasteiger partial charge < -0.3 is 4.74 Å². The average Bonchev–Trinajstić information content (AvgIpc) is 3.13. The number of hydrazone groups is 1. The highest BCUT2D eigenvalue weighted by molar-refractivity contribution is 5.80. The maximum Gasteiger partial charge on any atom is 0.158 e. The van der Waals surface area contributed by atoms with Gasteiger partial charge in [0.2, 0.25) is 0 Å². The third-order valence-electron chi connectivity index (χ3n) is 3.89. The molecule has 140 valence electrons. The number of nitrogens with zero attached hydrogens (tertiary/aromatic N) is 5. The highest BCUT2D eigenvalue weighted by Crippen LogP contribution is 2.12. The van der Waals surface area contributed by atoms with Gasteiger partial charge in [0.05, 0.1) is 19.0 Å². The molecule has 0 spiro atoms. The number of benzene rings is 1. The van der Waals surface area contributed by atoms with E-state index in [0.29, 0.717) is 11.6 Å². The van der Waals surface area contributed by atoms with Crippen molar-refractivity contribution in [3.8, 4) is 11.6 Å². The zero-order valence-electron chi connectivity index (χ0n) is 15.7. The van der Waals surface area contributed by atoms with Crippen LogP contribution in [0.5, 0.6) is 5.75 Å². The fraction of sp³-hybridized carbons (Fsp3) is 0.300. The standard InChI is InChI=1S/C20H24N6O/c1-3-4-5-10-27-18-8-6-17(7-9-18)13-23-25-19-11-20(22-15-21-19)26-14-16(2)12-24-26/h6-9,11-15H,3-5,10H2,1-2H3,(H,21,22,25). The van der Waals surface area contributed by atoms with Crippen LogP contribution in [0.25, 0.3) is 5.82 Å².